The molecule has 0 bridgehead atoms. The molecule has 0 amide bonds. The van der Waals surface area contributed by atoms with Crippen LogP contribution >= 0.6 is 0 Å². The first-order chi connectivity index (χ1) is 7.59. The SMILES string of the molecule is [B]CC1(C(C)(C)C(C)(C)CC)C(C)C1(C)CC. The topological polar surface area (TPSA) is 0 Å². The van der Waals surface area contributed by atoms with Crippen LogP contribution in [0.4, 0.5) is 0 Å². The molecule has 2 radical (unpaired) electrons. The van der Waals surface area contributed by atoms with E-state index < -0.39 is 0 Å². The maximum absolute atomic E-state index is 6.25. The van der Waals surface area contributed by atoms with E-state index in [0.717, 1.165) is 12.2 Å². The van der Waals surface area contributed by atoms with E-state index in [9.17, 15) is 0 Å². The first-order valence-electron chi connectivity index (χ1n) is 7.29. The molecular formula is C16H31B. The average Bonchev–Trinajstić information content (AvgIpc) is 2.77. The Hall–Kier alpha value is 0.0649. The Kier molecular flexibility index (Phi) is 3.59. The Morgan fingerprint density at radius 3 is 1.82 bits per heavy atom. The number of hydrogen-bond acceptors (Lipinski definition) is 0. The maximum Gasteiger partial charge on any atom is 0.0661 e. The van der Waals surface area contributed by atoms with Crippen molar-refractivity contribution >= 4 is 7.85 Å². The quantitative estimate of drug-likeness (QED) is 0.581. The van der Waals surface area contributed by atoms with Crippen molar-refractivity contribution in [3.63, 3.8) is 0 Å². The predicted octanol–water partition coefficient (Wildman–Crippen LogP) is 5.09. The second-order valence-electron chi connectivity index (χ2n) is 7.53. The fourth-order valence-electron chi connectivity index (χ4n) is 4.60. The van der Waals surface area contributed by atoms with Gasteiger partial charge >= 0.3 is 0 Å². The fourth-order valence-corrected chi connectivity index (χ4v) is 4.60. The highest BCUT2D eigenvalue weighted by Crippen LogP contribution is 2.81. The van der Waals surface area contributed by atoms with E-state index in [1.165, 1.54) is 12.8 Å². The molecule has 17 heavy (non-hydrogen) atoms. The lowest BCUT2D eigenvalue weighted by atomic mass is 9.53. The summed E-state index contributed by atoms with van der Waals surface area (Å²) in [6.07, 6.45) is 3.29. The summed E-state index contributed by atoms with van der Waals surface area (Å²) in [4.78, 5) is 0. The second-order valence-corrected chi connectivity index (χ2v) is 7.53. The van der Waals surface area contributed by atoms with E-state index >= 15 is 0 Å². The van der Waals surface area contributed by atoms with Crippen LogP contribution in [-0.2, 0) is 0 Å². The molecule has 0 aromatic carbocycles. The second kappa shape index (κ2) is 4.03. The third-order valence-corrected chi connectivity index (χ3v) is 7.38. The van der Waals surface area contributed by atoms with E-state index in [0.29, 0.717) is 16.2 Å². The lowest BCUT2D eigenvalue weighted by Gasteiger charge is -2.50. The largest absolute Gasteiger partial charge is 0.0818 e. The lowest BCUT2D eigenvalue weighted by Crippen LogP contribution is -2.43. The van der Waals surface area contributed by atoms with Gasteiger partial charge in [-0.3, -0.25) is 0 Å². The van der Waals surface area contributed by atoms with Crippen molar-refractivity contribution in [2.75, 3.05) is 0 Å². The van der Waals surface area contributed by atoms with Gasteiger partial charge in [0.2, 0.25) is 0 Å². The van der Waals surface area contributed by atoms with Crippen LogP contribution in [0.2, 0.25) is 6.32 Å². The van der Waals surface area contributed by atoms with Gasteiger partial charge in [-0.2, -0.15) is 0 Å². The highest BCUT2D eigenvalue weighted by atomic mass is 14.8. The highest BCUT2D eigenvalue weighted by Gasteiger charge is 2.75. The lowest BCUT2D eigenvalue weighted by molar-refractivity contribution is 0.00227. The van der Waals surface area contributed by atoms with Gasteiger partial charge in [-0.15, -0.1) is 0 Å². The van der Waals surface area contributed by atoms with Crippen molar-refractivity contribution in [1.82, 2.24) is 0 Å². The minimum atomic E-state index is 0.285. The molecule has 0 aliphatic heterocycles. The zero-order chi connectivity index (χ0) is 13.7. The molecule has 0 aromatic rings. The molecule has 0 N–H and O–H groups in total. The summed E-state index contributed by atoms with van der Waals surface area (Å²) < 4.78 is 0. The normalized spacial score (nSPS) is 38.2. The molecule has 0 aromatic heterocycles. The summed E-state index contributed by atoms with van der Waals surface area (Å²) in [5.41, 5.74) is 1.37. The molecule has 1 aliphatic carbocycles. The van der Waals surface area contributed by atoms with Gasteiger partial charge in [-0.1, -0.05) is 68.1 Å². The Bertz CT molecular complexity index is 292. The van der Waals surface area contributed by atoms with Gasteiger partial charge < -0.3 is 0 Å². The van der Waals surface area contributed by atoms with Crippen LogP contribution in [0.1, 0.15) is 68.2 Å². The molecule has 3 atom stereocenters. The third-order valence-electron chi connectivity index (χ3n) is 7.38. The van der Waals surface area contributed by atoms with E-state index in [-0.39, 0.29) is 5.41 Å². The predicted molar refractivity (Wildman–Crippen MR) is 78.4 cm³/mol. The highest BCUT2D eigenvalue weighted by molar-refractivity contribution is 6.09. The minimum absolute atomic E-state index is 0.285. The molecule has 98 valence electrons. The third kappa shape index (κ3) is 1.50. The Balaban J connectivity index is 3.23. The molecule has 0 nitrogen and oxygen atoms in total. The average molecular weight is 234 g/mol. The van der Waals surface area contributed by atoms with E-state index in [4.69, 9.17) is 7.85 Å². The number of rotatable bonds is 5. The zero-order valence-electron chi connectivity index (χ0n) is 13.3. The van der Waals surface area contributed by atoms with Crippen LogP contribution in [0.3, 0.4) is 0 Å². The monoisotopic (exact) mass is 234 g/mol. The standard InChI is InChI=1S/C16H31B/c1-9-13(4,5)14(6,7)16(11-17)12(3)15(16,8)10-2/h12H,9-11H2,1-8H3. The van der Waals surface area contributed by atoms with Crippen molar-refractivity contribution < 1.29 is 0 Å². The van der Waals surface area contributed by atoms with Crippen LogP contribution in [0.25, 0.3) is 0 Å². The summed E-state index contributed by atoms with van der Waals surface area (Å²) in [5, 5.41) is 0. The van der Waals surface area contributed by atoms with Crippen LogP contribution < -0.4 is 0 Å². The van der Waals surface area contributed by atoms with Gasteiger partial charge in [0, 0.05) is 0 Å². The Morgan fingerprint density at radius 2 is 1.59 bits per heavy atom. The summed E-state index contributed by atoms with van der Waals surface area (Å²) in [5.74, 6) is 0.742. The smallest absolute Gasteiger partial charge is 0.0661 e. The van der Waals surface area contributed by atoms with Gasteiger partial charge in [0.05, 0.1) is 7.85 Å². The van der Waals surface area contributed by atoms with E-state index in [1.807, 2.05) is 0 Å². The number of hydrogen-bond donors (Lipinski definition) is 0. The summed E-state index contributed by atoms with van der Waals surface area (Å²) in [7, 11) is 6.25. The molecule has 0 heterocycles. The van der Waals surface area contributed by atoms with Crippen molar-refractivity contribution in [1.29, 1.82) is 0 Å². The molecule has 0 saturated heterocycles. The molecular weight excluding hydrogens is 203 g/mol. The van der Waals surface area contributed by atoms with Crippen LogP contribution in [0, 0.1) is 27.6 Å². The van der Waals surface area contributed by atoms with E-state index in [2.05, 4.69) is 55.4 Å². The summed E-state index contributed by atoms with van der Waals surface area (Å²) >= 11 is 0. The molecule has 3 unspecified atom stereocenters. The van der Waals surface area contributed by atoms with Crippen LogP contribution in [0.15, 0.2) is 0 Å². The first-order valence-corrected chi connectivity index (χ1v) is 7.29. The molecule has 1 saturated carbocycles. The molecule has 1 aliphatic rings. The van der Waals surface area contributed by atoms with E-state index in [1.54, 1.807) is 0 Å². The van der Waals surface area contributed by atoms with Gasteiger partial charge in [-0.05, 0) is 34.0 Å². The molecule has 0 spiro atoms. The van der Waals surface area contributed by atoms with Gasteiger partial charge in [0.25, 0.3) is 0 Å². The molecule has 1 rings (SSSR count). The van der Waals surface area contributed by atoms with Crippen LogP contribution in [-0.4, -0.2) is 7.85 Å². The van der Waals surface area contributed by atoms with Crippen molar-refractivity contribution in [3.05, 3.63) is 0 Å². The van der Waals surface area contributed by atoms with Gasteiger partial charge in [0.1, 0.15) is 0 Å². The summed E-state index contributed by atoms with van der Waals surface area (Å²) in [6, 6.07) is 0. The van der Waals surface area contributed by atoms with Crippen LogP contribution in [0.5, 0.6) is 0 Å². The Labute approximate surface area is 110 Å². The van der Waals surface area contributed by atoms with Crippen molar-refractivity contribution in [2.45, 2.75) is 74.6 Å². The van der Waals surface area contributed by atoms with Gasteiger partial charge in [0.15, 0.2) is 0 Å². The maximum atomic E-state index is 6.25. The minimum Gasteiger partial charge on any atom is -0.0818 e. The van der Waals surface area contributed by atoms with Crippen molar-refractivity contribution in [3.8, 4) is 0 Å². The molecule has 1 fully saturated rings. The first kappa shape index (κ1) is 15.1. The molecule has 1 heteroatoms. The fraction of sp³-hybridized carbons (Fsp3) is 1.00. The van der Waals surface area contributed by atoms with Gasteiger partial charge in [-0.25, -0.2) is 0 Å². The summed E-state index contributed by atoms with van der Waals surface area (Å²) in [6.45, 7) is 19.2. The zero-order valence-corrected chi connectivity index (χ0v) is 13.3. The Morgan fingerprint density at radius 1 is 1.12 bits per heavy atom. The van der Waals surface area contributed by atoms with Crippen molar-refractivity contribution in [2.24, 2.45) is 27.6 Å².